The van der Waals surface area contributed by atoms with Gasteiger partial charge < -0.3 is 15.7 Å². The van der Waals surface area contributed by atoms with Gasteiger partial charge in [-0.15, -0.1) is 0 Å². The van der Waals surface area contributed by atoms with E-state index >= 15 is 0 Å². The maximum atomic E-state index is 11.6. The van der Waals surface area contributed by atoms with E-state index in [0.717, 1.165) is 19.3 Å². The van der Waals surface area contributed by atoms with Crippen LogP contribution < -0.4 is 10.6 Å². The molecule has 4 heteroatoms. The number of amides is 1. The van der Waals surface area contributed by atoms with Crippen molar-refractivity contribution >= 4 is 5.91 Å². The molecule has 1 saturated carbocycles. The van der Waals surface area contributed by atoms with Crippen molar-refractivity contribution in [3.63, 3.8) is 0 Å². The van der Waals surface area contributed by atoms with E-state index in [0.29, 0.717) is 12.5 Å². The first-order chi connectivity index (χ1) is 7.17. The summed E-state index contributed by atoms with van der Waals surface area (Å²) < 4.78 is 0. The number of rotatable bonds is 7. The smallest absolute Gasteiger partial charge is 0.237 e. The van der Waals surface area contributed by atoms with E-state index in [9.17, 15) is 4.79 Å². The summed E-state index contributed by atoms with van der Waals surface area (Å²) in [5.74, 6) is 0.0777. The molecule has 2 atom stereocenters. The Morgan fingerprint density at radius 1 is 1.53 bits per heavy atom. The zero-order valence-electron chi connectivity index (χ0n) is 9.62. The van der Waals surface area contributed by atoms with Gasteiger partial charge >= 0.3 is 0 Å². The third-order valence-electron chi connectivity index (χ3n) is 2.77. The minimum absolute atomic E-state index is 0.0777. The molecule has 0 aromatic rings. The van der Waals surface area contributed by atoms with Gasteiger partial charge in [-0.25, -0.2) is 0 Å². The van der Waals surface area contributed by atoms with Gasteiger partial charge in [-0.05, 0) is 32.6 Å². The Balaban J connectivity index is 2.24. The van der Waals surface area contributed by atoms with E-state index in [1.165, 1.54) is 0 Å². The fraction of sp³-hybridized carbons (Fsp3) is 0.909. The second-order valence-electron chi connectivity index (χ2n) is 4.29. The van der Waals surface area contributed by atoms with Crippen LogP contribution in [-0.2, 0) is 4.79 Å². The van der Waals surface area contributed by atoms with Gasteiger partial charge in [-0.3, -0.25) is 4.79 Å². The van der Waals surface area contributed by atoms with Gasteiger partial charge in [0.15, 0.2) is 0 Å². The fourth-order valence-electron chi connectivity index (χ4n) is 1.54. The van der Waals surface area contributed by atoms with Gasteiger partial charge in [-0.2, -0.15) is 0 Å². The first-order valence-corrected chi connectivity index (χ1v) is 5.84. The quantitative estimate of drug-likeness (QED) is 0.575. The van der Waals surface area contributed by atoms with Crippen LogP contribution in [0.1, 0.15) is 39.5 Å². The zero-order valence-corrected chi connectivity index (χ0v) is 9.62. The summed E-state index contributed by atoms with van der Waals surface area (Å²) in [6, 6.07) is 0.483. The lowest BCUT2D eigenvalue weighted by atomic mass is 10.1. The molecular weight excluding hydrogens is 192 g/mol. The minimum atomic E-state index is -0.165. The maximum Gasteiger partial charge on any atom is 0.237 e. The number of aliphatic hydroxyl groups is 1. The number of carbonyl (C=O) groups is 1. The van der Waals surface area contributed by atoms with Crippen LogP contribution in [0.5, 0.6) is 0 Å². The normalized spacial score (nSPS) is 19.7. The predicted molar refractivity (Wildman–Crippen MR) is 59.5 cm³/mol. The molecule has 15 heavy (non-hydrogen) atoms. The van der Waals surface area contributed by atoms with E-state index in [1.807, 2.05) is 6.92 Å². The molecule has 1 aliphatic rings. The fourth-order valence-corrected chi connectivity index (χ4v) is 1.54. The molecule has 0 aromatic heterocycles. The number of carbonyl (C=O) groups excluding carboxylic acids is 1. The van der Waals surface area contributed by atoms with Crippen molar-refractivity contribution in [3.8, 4) is 0 Å². The summed E-state index contributed by atoms with van der Waals surface area (Å²) >= 11 is 0. The van der Waals surface area contributed by atoms with Crippen LogP contribution in [-0.4, -0.2) is 35.7 Å². The zero-order chi connectivity index (χ0) is 11.3. The lowest BCUT2D eigenvalue weighted by molar-refractivity contribution is -0.123. The molecule has 0 radical (unpaired) electrons. The first kappa shape index (κ1) is 12.5. The van der Waals surface area contributed by atoms with Crippen molar-refractivity contribution in [2.24, 2.45) is 0 Å². The number of nitrogens with one attached hydrogen (secondary N) is 2. The topological polar surface area (TPSA) is 61.4 Å². The van der Waals surface area contributed by atoms with Crippen LogP contribution >= 0.6 is 0 Å². The predicted octanol–water partition coefficient (Wildman–Crippen LogP) is 0.404. The van der Waals surface area contributed by atoms with Gasteiger partial charge in [-0.1, -0.05) is 6.92 Å². The molecule has 88 valence electrons. The molecule has 0 bridgehead atoms. The molecule has 0 aromatic carbocycles. The first-order valence-electron chi connectivity index (χ1n) is 5.84. The van der Waals surface area contributed by atoms with Crippen LogP contribution in [0.25, 0.3) is 0 Å². The average Bonchev–Trinajstić information content (AvgIpc) is 3.00. The van der Waals surface area contributed by atoms with Crippen molar-refractivity contribution in [1.29, 1.82) is 0 Å². The van der Waals surface area contributed by atoms with E-state index in [4.69, 9.17) is 5.11 Å². The molecule has 3 N–H and O–H groups in total. The largest absolute Gasteiger partial charge is 0.396 e. The lowest BCUT2D eigenvalue weighted by Gasteiger charge is -2.21. The highest BCUT2D eigenvalue weighted by Gasteiger charge is 2.26. The van der Waals surface area contributed by atoms with Crippen LogP contribution in [0, 0.1) is 0 Å². The summed E-state index contributed by atoms with van der Waals surface area (Å²) in [5.41, 5.74) is 0. The molecule has 0 heterocycles. The Hall–Kier alpha value is -0.610. The summed E-state index contributed by atoms with van der Waals surface area (Å²) in [4.78, 5) is 11.6. The summed E-state index contributed by atoms with van der Waals surface area (Å²) in [6.07, 6.45) is 3.87. The lowest BCUT2D eigenvalue weighted by Crippen LogP contribution is -2.47. The Morgan fingerprint density at radius 3 is 2.67 bits per heavy atom. The molecule has 0 saturated heterocycles. The summed E-state index contributed by atoms with van der Waals surface area (Å²) in [5, 5.41) is 15.0. The average molecular weight is 214 g/mol. The second-order valence-corrected chi connectivity index (χ2v) is 4.29. The third kappa shape index (κ3) is 4.62. The molecule has 2 unspecified atom stereocenters. The Labute approximate surface area is 91.4 Å². The Bertz CT molecular complexity index is 205. The second kappa shape index (κ2) is 6.08. The number of hydrogen-bond acceptors (Lipinski definition) is 3. The standard InChI is InChI=1S/C11H22N2O2/c1-3-9(6-7-14)12-8(2)11(15)13-10-4-5-10/h8-10,12,14H,3-7H2,1-2H3,(H,13,15). The third-order valence-corrected chi connectivity index (χ3v) is 2.77. The highest BCUT2D eigenvalue weighted by Crippen LogP contribution is 2.18. The summed E-state index contributed by atoms with van der Waals surface area (Å²) in [6.45, 7) is 4.10. The SMILES string of the molecule is CCC(CCO)NC(C)C(=O)NC1CC1. The van der Waals surface area contributed by atoms with E-state index in [2.05, 4.69) is 17.6 Å². The van der Waals surface area contributed by atoms with Crippen LogP contribution in [0.4, 0.5) is 0 Å². The van der Waals surface area contributed by atoms with E-state index in [-0.39, 0.29) is 24.6 Å². The number of hydrogen-bond donors (Lipinski definition) is 3. The van der Waals surface area contributed by atoms with Gasteiger partial charge in [0.2, 0.25) is 5.91 Å². The number of aliphatic hydroxyl groups excluding tert-OH is 1. The van der Waals surface area contributed by atoms with Gasteiger partial charge in [0, 0.05) is 18.7 Å². The molecule has 0 aliphatic heterocycles. The van der Waals surface area contributed by atoms with Gasteiger partial charge in [0.05, 0.1) is 6.04 Å². The van der Waals surface area contributed by atoms with Gasteiger partial charge in [0.1, 0.15) is 0 Å². The van der Waals surface area contributed by atoms with Crippen molar-refractivity contribution in [3.05, 3.63) is 0 Å². The van der Waals surface area contributed by atoms with Crippen molar-refractivity contribution < 1.29 is 9.90 Å². The highest BCUT2D eigenvalue weighted by molar-refractivity contribution is 5.81. The molecule has 1 fully saturated rings. The van der Waals surface area contributed by atoms with Crippen LogP contribution in [0.2, 0.25) is 0 Å². The molecule has 1 aliphatic carbocycles. The van der Waals surface area contributed by atoms with Crippen molar-refractivity contribution in [1.82, 2.24) is 10.6 Å². The van der Waals surface area contributed by atoms with E-state index < -0.39 is 0 Å². The highest BCUT2D eigenvalue weighted by atomic mass is 16.3. The van der Waals surface area contributed by atoms with Crippen LogP contribution in [0.15, 0.2) is 0 Å². The maximum absolute atomic E-state index is 11.6. The van der Waals surface area contributed by atoms with Crippen LogP contribution in [0.3, 0.4) is 0 Å². The Morgan fingerprint density at radius 2 is 2.20 bits per heavy atom. The van der Waals surface area contributed by atoms with E-state index in [1.54, 1.807) is 0 Å². The monoisotopic (exact) mass is 214 g/mol. The van der Waals surface area contributed by atoms with Gasteiger partial charge in [0.25, 0.3) is 0 Å². The summed E-state index contributed by atoms with van der Waals surface area (Å²) in [7, 11) is 0. The molecule has 4 nitrogen and oxygen atoms in total. The molecule has 1 rings (SSSR count). The molecule has 0 spiro atoms. The van der Waals surface area contributed by atoms with Crippen molar-refractivity contribution in [2.75, 3.05) is 6.61 Å². The molecule has 1 amide bonds. The molecular formula is C11H22N2O2. The minimum Gasteiger partial charge on any atom is -0.396 e. The van der Waals surface area contributed by atoms with Crippen molar-refractivity contribution in [2.45, 2.75) is 57.7 Å². The Kier molecular flexibility index (Phi) is 5.05.